The van der Waals surface area contributed by atoms with Gasteiger partial charge in [0.25, 0.3) is 0 Å². The third-order valence-electron chi connectivity index (χ3n) is 4.36. The van der Waals surface area contributed by atoms with Crippen molar-refractivity contribution in [2.24, 2.45) is 0 Å². The number of hydrogen-bond acceptors (Lipinski definition) is 4. The van der Waals surface area contributed by atoms with E-state index in [0.29, 0.717) is 24.0 Å². The predicted octanol–water partition coefficient (Wildman–Crippen LogP) is 2.37. The van der Waals surface area contributed by atoms with Crippen LogP contribution < -0.4 is 19.8 Å². The Hall–Kier alpha value is -2.73. The average Bonchev–Trinajstić information content (AvgIpc) is 2.93. The fourth-order valence-corrected chi connectivity index (χ4v) is 3.15. The summed E-state index contributed by atoms with van der Waals surface area (Å²) >= 11 is 0. The Bertz CT molecular complexity index is 876. The van der Waals surface area contributed by atoms with Crippen molar-refractivity contribution in [3.8, 4) is 11.5 Å². The molecule has 0 unspecified atom stereocenters. The minimum atomic E-state index is -0.701. The SMILES string of the molecule is CCCn1c(N)[n+](C[C@@H](O)COc2ccccc2OC)c2ccccc21. The first-order valence-electron chi connectivity index (χ1n) is 8.86. The fraction of sp³-hybridized carbons (Fsp3) is 0.350. The Kier molecular flexibility index (Phi) is 5.63. The van der Waals surface area contributed by atoms with E-state index in [1.807, 2.05) is 47.0 Å². The second kappa shape index (κ2) is 8.10. The fourth-order valence-electron chi connectivity index (χ4n) is 3.15. The van der Waals surface area contributed by atoms with Crippen LogP contribution in [0.1, 0.15) is 13.3 Å². The summed E-state index contributed by atoms with van der Waals surface area (Å²) in [7, 11) is 1.60. The summed E-state index contributed by atoms with van der Waals surface area (Å²) in [6, 6.07) is 15.4. The van der Waals surface area contributed by atoms with Crippen LogP contribution >= 0.6 is 0 Å². The van der Waals surface area contributed by atoms with Gasteiger partial charge in [0.05, 0.1) is 13.7 Å². The number of aromatic nitrogens is 2. The van der Waals surface area contributed by atoms with Gasteiger partial charge in [0.1, 0.15) is 30.3 Å². The van der Waals surface area contributed by atoms with Gasteiger partial charge in [0.15, 0.2) is 11.5 Å². The number of methoxy groups -OCH3 is 1. The number of nitrogens with two attached hydrogens (primary N) is 1. The third-order valence-corrected chi connectivity index (χ3v) is 4.36. The molecule has 0 saturated heterocycles. The summed E-state index contributed by atoms with van der Waals surface area (Å²) in [6.07, 6.45) is 0.288. The van der Waals surface area contributed by atoms with Crippen molar-refractivity contribution in [1.29, 1.82) is 0 Å². The van der Waals surface area contributed by atoms with Gasteiger partial charge in [-0.3, -0.25) is 5.73 Å². The maximum absolute atomic E-state index is 10.5. The predicted molar refractivity (Wildman–Crippen MR) is 101 cm³/mol. The number of nitrogens with zero attached hydrogens (tertiary/aromatic N) is 2. The lowest BCUT2D eigenvalue weighted by Crippen LogP contribution is -2.43. The van der Waals surface area contributed by atoms with Crippen LogP contribution in [0.25, 0.3) is 11.0 Å². The molecule has 1 aromatic heterocycles. The van der Waals surface area contributed by atoms with Crippen molar-refractivity contribution < 1.29 is 19.1 Å². The van der Waals surface area contributed by atoms with Gasteiger partial charge in [-0.1, -0.05) is 31.2 Å². The number of benzene rings is 2. The van der Waals surface area contributed by atoms with Crippen molar-refractivity contribution in [3.05, 3.63) is 48.5 Å². The van der Waals surface area contributed by atoms with Crippen LogP contribution in [0, 0.1) is 0 Å². The van der Waals surface area contributed by atoms with E-state index >= 15 is 0 Å². The number of rotatable bonds is 8. The Morgan fingerprint density at radius 3 is 2.54 bits per heavy atom. The molecule has 138 valence electrons. The summed E-state index contributed by atoms with van der Waals surface area (Å²) in [4.78, 5) is 0. The first-order valence-corrected chi connectivity index (χ1v) is 8.86. The number of aryl methyl sites for hydroxylation is 1. The van der Waals surface area contributed by atoms with Gasteiger partial charge in [-0.25, -0.2) is 9.13 Å². The lowest BCUT2D eigenvalue weighted by molar-refractivity contribution is -0.665. The molecule has 0 saturated carbocycles. The number of aliphatic hydroxyl groups excluding tert-OH is 1. The van der Waals surface area contributed by atoms with E-state index in [4.69, 9.17) is 15.2 Å². The maximum atomic E-state index is 10.5. The molecule has 0 radical (unpaired) electrons. The number of nitrogen functional groups attached to an aromatic ring is 1. The topological polar surface area (TPSA) is 73.5 Å². The van der Waals surface area contributed by atoms with Crippen LogP contribution in [0.3, 0.4) is 0 Å². The van der Waals surface area contributed by atoms with Crippen LogP contribution in [0.5, 0.6) is 11.5 Å². The standard InChI is InChI=1S/C20H25N3O3/c1-3-12-22-16-8-4-5-9-17(16)23(20(22)21)13-15(24)14-26-19-11-7-6-10-18(19)25-2/h4-11,15,21,24H,3,12-14H2,1-2H3/p+1/t15-/m1/s1. The molecule has 0 aliphatic rings. The van der Waals surface area contributed by atoms with E-state index in [1.165, 1.54) is 0 Å². The smallest absolute Gasteiger partial charge is 0.356 e. The van der Waals surface area contributed by atoms with E-state index in [9.17, 15) is 5.11 Å². The molecule has 0 spiro atoms. The molecule has 3 N–H and O–H groups in total. The van der Waals surface area contributed by atoms with Gasteiger partial charge in [-0.2, -0.15) is 0 Å². The second-order valence-corrected chi connectivity index (χ2v) is 6.22. The Morgan fingerprint density at radius 1 is 1.12 bits per heavy atom. The zero-order valence-electron chi connectivity index (χ0n) is 15.3. The number of hydrogen-bond donors (Lipinski definition) is 2. The molecular weight excluding hydrogens is 330 g/mol. The Morgan fingerprint density at radius 2 is 1.81 bits per heavy atom. The summed E-state index contributed by atoms with van der Waals surface area (Å²) in [5.74, 6) is 1.90. The largest absolute Gasteiger partial charge is 0.493 e. The lowest BCUT2D eigenvalue weighted by Gasteiger charge is -2.14. The Labute approximate surface area is 153 Å². The molecule has 0 aliphatic carbocycles. The molecule has 2 aromatic carbocycles. The van der Waals surface area contributed by atoms with Crippen LogP contribution in [0.4, 0.5) is 5.95 Å². The molecule has 3 aromatic rings. The molecule has 0 bridgehead atoms. The molecule has 6 nitrogen and oxygen atoms in total. The maximum Gasteiger partial charge on any atom is 0.356 e. The van der Waals surface area contributed by atoms with Gasteiger partial charge in [-0.15, -0.1) is 0 Å². The van der Waals surface area contributed by atoms with Crippen molar-refractivity contribution in [2.45, 2.75) is 32.5 Å². The summed E-state index contributed by atoms with van der Waals surface area (Å²) < 4.78 is 15.0. The van der Waals surface area contributed by atoms with Crippen molar-refractivity contribution in [2.75, 3.05) is 19.5 Å². The summed E-state index contributed by atoms with van der Waals surface area (Å²) in [5.41, 5.74) is 8.44. The third kappa shape index (κ3) is 3.60. The van der Waals surface area contributed by atoms with Crippen molar-refractivity contribution in [3.63, 3.8) is 0 Å². The highest BCUT2D eigenvalue weighted by atomic mass is 16.5. The van der Waals surface area contributed by atoms with Crippen LogP contribution in [0.15, 0.2) is 48.5 Å². The Balaban J connectivity index is 1.77. The van der Waals surface area contributed by atoms with Crippen LogP contribution in [-0.4, -0.2) is 29.5 Å². The van der Waals surface area contributed by atoms with Gasteiger partial charge in [0, 0.05) is 0 Å². The van der Waals surface area contributed by atoms with E-state index in [-0.39, 0.29) is 6.61 Å². The van der Waals surface area contributed by atoms with E-state index in [0.717, 1.165) is 24.0 Å². The number of imidazole rings is 1. The zero-order chi connectivity index (χ0) is 18.5. The molecule has 0 fully saturated rings. The molecular formula is C20H26N3O3+. The van der Waals surface area contributed by atoms with E-state index in [2.05, 4.69) is 17.6 Å². The highest BCUT2D eigenvalue weighted by Crippen LogP contribution is 2.25. The molecule has 0 aliphatic heterocycles. The lowest BCUT2D eigenvalue weighted by atomic mass is 10.3. The monoisotopic (exact) mass is 356 g/mol. The van der Waals surface area contributed by atoms with Gasteiger partial charge in [-0.05, 0) is 30.7 Å². The minimum absolute atomic E-state index is 0.153. The quantitative estimate of drug-likeness (QED) is 0.608. The van der Waals surface area contributed by atoms with E-state index in [1.54, 1.807) is 7.11 Å². The zero-order valence-corrected chi connectivity index (χ0v) is 15.3. The number of anilines is 1. The average molecular weight is 356 g/mol. The molecule has 1 heterocycles. The summed E-state index contributed by atoms with van der Waals surface area (Å²) in [6.45, 7) is 3.47. The highest BCUT2D eigenvalue weighted by Gasteiger charge is 2.22. The van der Waals surface area contributed by atoms with Crippen LogP contribution in [0.2, 0.25) is 0 Å². The number of aliphatic hydroxyl groups is 1. The molecule has 6 heteroatoms. The molecule has 3 rings (SSSR count). The number of fused-ring (bicyclic) bond motifs is 1. The van der Waals surface area contributed by atoms with Crippen molar-refractivity contribution >= 4 is 17.0 Å². The van der Waals surface area contributed by atoms with Gasteiger partial charge < -0.3 is 14.6 Å². The van der Waals surface area contributed by atoms with Crippen molar-refractivity contribution in [1.82, 2.24) is 4.57 Å². The number of para-hydroxylation sites is 4. The molecule has 1 atom stereocenters. The minimum Gasteiger partial charge on any atom is -0.493 e. The van der Waals surface area contributed by atoms with Gasteiger partial charge in [0.2, 0.25) is 0 Å². The highest BCUT2D eigenvalue weighted by molar-refractivity contribution is 5.73. The first kappa shape index (κ1) is 18.1. The summed E-state index contributed by atoms with van der Waals surface area (Å²) in [5, 5.41) is 10.5. The van der Waals surface area contributed by atoms with Gasteiger partial charge >= 0.3 is 5.95 Å². The first-order chi connectivity index (χ1) is 12.7. The van der Waals surface area contributed by atoms with Crippen LogP contribution in [-0.2, 0) is 13.1 Å². The normalized spacial score (nSPS) is 12.3. The molecule has 0 amide bonds. The molecule has 26 heavy (non-hydrogen) atoms. The number of ether oxygens (including phenoxy) is 2. The van der Waals surface area contributed by atoms with E-state index < -0.39 is 6.10 Å². The second-order valence-electron chi connectivity index (χ2n) is 6.22.